The lowest BCUT2D eigenvalue weighted by Crippen LogP contribution is -2.38. The summed E-state index contributed by atoms with van der Waals surface area (Å²) < 4.78 is 18.3. The molecule has 1 aromatic rings. The highest BCUT2D eigenvalue weighted by atomic mass is 19.1. The molecule has 0 spiro atoms. The van der Waals surface area contributed by atoms with E-state index in [4.69, 9.17) is 4.74 Å². The largest absolute Gasteiger partial charge is 0.389 e. The van der Waals surface area contributed by atoms with E-state index in [1.807, 2.05) is 6.92 Å². The number of rotatable bonds is 2. The Morgan fingerprint density at radius 3 is 2.75 bits per heavy atom. The number of aryl methyl sites for hydroxylation is 1. The lowest BCUT2D eigenvalue weighted by atomic mass is 9.86. The van der Waals surface area contributed by atoms with Crippen LogP contribution in [0.3, 0.4) is 0 Å². The zero-order chi connectivity index (χ0) is 11.6. The van der Waals surface area contributed by atoms with Crippen LogP contribution in [0, 0.1) is 12.7 Å². The molecule has 0 aromatic heterocycles. The normalized spacial score (nSPS) is 19.7. The Bertz CT molecular complexity index is 370. The van der Waals surface area contributed by atoms with Gasteiger partial charge in [-0.15, -0.1) is 0 Å². The molecule has 1 fully saturated rings. The summed E-state index contributed by atoms with van der Waals surface area (Å²) in [4.78, 5) is 0. The minimum atomic E-state index is -0.725. The molecule has 0 unspecified atom stereocenters. The average Bonchev–Trinajstić information content (AvgIpc) is 2.24. The molecule has 16 heavy (non-hydrogen) atoms. The zero-order valence-corrected chi connectivity index (χ0v) is 9.50. The van der Waals surface area contributed by atoms with Crippen molar-refractivity contribution in [1.29, 1.82) is 0 Å². The van der Waals surface area contributed by atoms with Crippen molar-refractivity contribution < 1.29 is 14.2 Å². The van der Waals surface area contributed by atoms with Crippen LogP contribution in [0.1, 0.15) is 24.0 Å². The van der Waals surface area contributed by atoms with E-state index in [-0.39, 0.29) is 5.82 Å². The molecule has 0 bridgehead atoms. The standard InChI is InChI=1S/C13H17FO2/c1-10-2-3-12(14)8-11(10)9-13(15)4-6-16-7-5-13/h2-3,8,15H,4-7,9H2,1H3. The highest BCUT2D eigenvalue weighted by Crippen LogP contribution is 2.26. The van der Waals surface area contributed by atoms with Gasteiger partial charge in [0, 0.05) is 19.6 Å². The van der Waals surface area contributed by atoms with Crippen molar-refractivity contribution in [1.82, 2.24) is 0 Å². The molecule has 1 aliphatic heterocycles. The molecule has 0 radical (unpaired) electrons. The molecule has 1 heterocycles. The van der Waals surface area contributed by atoms with E-state index in [1.54, 1.807) is 6.07 Å². The first-order chi connectivity index (χ1) is 7.59. The fourth-order valence-corrected chi connectivity index (χ4v) is 2.11. The number of halogens is 1. The van der Waals surface area contributed by atoms with Crippen LogP contribution in [0.25, 0.3) is 0 Å². The highest BCUT2D eigenvalue weighted by Gasteiger charge is 2.30. The fourth-order valence-electron chi connectivity index (χ4n) is 2.11. The average molecular weight is 224 g/mol. The van der Waals surface area contributed by atoms with Crippen molar-refractivity contribution in [2.24, 2.45) is 0 Å². The lowest BCUT2D eigenvalue weighted by Gasteiger charge is -2.32. The van der Waals surface area contributed by atoms with Crippen LogP contribution >= 0.6 is 0 Å². The summed E-state index contributed by atoms with van der Waals surface area (Å²) in [6, 6.07) is 4.73. The van der Waals surface area contributed by atoms with Crippen molar-refractivity contribution >= 4 is 0 Å². The van der Waals surface area contributed by atoms with E-state index >= 15 is 0 Å². The molecule has 1 N–H and O–H groups in total. The van der Waals surface area contributed by atoms with Gasteiger partial charge in [-0.3, -0.25) is 0 Å². The lowest BCUT2D eigenvalue weighted by molar-refractivity contribution is -0.0626. The topological polar surface area (TPSA) is 29.5 Å². The summed E-state index contributed by atoms with van der Waals surface area (Å²) in [5.41, 5.74) is 1.20. The fraction of sp³-hybridized carbons (Fsp3) is 0.538. The maximum Gasteiger partial charge on any atom is 0.123 e. The molecule has 1 aromatic carbocycles. The summed E-state index contributed by atoms with van der Waals surface area (Å²) in [5.74, 6) is -0.240. The van der Waals surface area contributed by atoms with Crippen LogP contribution in [-0.4, -0.2) is 23.9 Å². The predicted octanol–water partition coefficient (Wildman–Crippen LogP) is 2.22. The van der Waals surface area contributed by atoms with Gasteiger partial charge in [0.1, 0.15) is 5.82 Å². The van der Waals surface area contributed by atoms with Crippen LogP contribution in [0.4, 0.5) is 4.39 Å². The summed E-state index contributed by atoms with van der Waals surface area (Å²) in [7, 11) is 0. The van der Waals surface area contributed by atoms with Crippen molar-refractivity contribution in [3.8, 4) is 0 Å². The third kappa shape index (κ3) is 2.60. The molecule has 0 aliphatic carbocycles. The molecule has 0 saturated carbocycles. The van der Waals surface area contributed by atoms with E-state index < -0.39 is 5.60 Å². The predicted molar refractivity (Wildman–Crippen MR) is 59.8 cm³/mol. The minimum absolute atomic E-state index is 0.240. The Hall–Kier alpha value is -0.930. The Balaban J connectivity index is 2.15. The Kier molecular flexibility index (Phi) is 3.26. The van der Waals surface area contributed by atoms with E-state index in [1.165, 1.54) is 12.1 Å². The van der Waals surface area contributed by atoms with Crippen molar-refractivity contribution in [2.45, 2.75) is 31.8 Å². The second-order valence-electron chi connectivity index (χ2n) is 4.58. The SMILES string of the molecule is Cc1ccc(F)cc1CC1(O)CCOCC1. The number of benzene rings is 1. The Morgan fingerprint density at radius 1 is 1.38 bits per heavy atom. The first kappa shape index (κ1) is 11.6. The third-order valence-electron chi connectivity index (χ3n) is 3.25. The van der Waals surface area contributed by atoms with Gasteiger partial charge in [-0.05, 0) is 43.0 Å². The highest BCUT2D eigenvalue weighted by molar-refractivity contribution is 5.28. The molecule has 3 heteroatoms. The molecule has 0 amide bonds. The van der Waals surface area contributed by atoms with Gasteiger partial charge in [-0.25, -0.2) is 4.39 Å². The maximum absolute atomic E-state index is 13.1. The maximum atomic E-state index is 13.1. The number of hydrogen-bond acceptors (Lipinski definition) is 2. The summed E-state index contributed by atoms with van der Waals surface area (Å²) in [5, 5.41) is 10.3. The van der Waals surface area contributed by atoms with E-state index in [0.717, 1.165) is 11.1 Å². The molecular formula is C13H17FO2. The number of ether oxygens (including phenoxy) is 1. The second-order valence-corrected chi connectivity index (χ2v) is 4.58. The van der Waals surface area contributed by atoms with Crippen LogP contribution in [0.5, 0.6) is 0 Å². The van der Waals surface area contributed by atoms with E-state index in [9.17, 15) is 9.50 Å². The van der Waals surface area contributed by atoms with Crippen molar-refractivity contribution in [3.63, 3.8) is 0 Å². The van der Waals surface area contributed by atoms with Gasteiger partial charge in [0.05, 0.1) is 5.60 Å². The van der Waals surface area contributed by atoms with Crippen LogP contribution < -0.4 is 0 Å². The molecule has 2 rings (SSSR count). The van der Waals surface area contributed by atoms with Crippen LogP contribution in [0.2, 0.25) is 0 Å². The van der Waals surface area contributed by atoms with Crippen molar-refractivity contribution in [2.75, 3.05) is 13.2 Å². The molecule has 2 nitrogen and oxygen atoms in total. The number of hydrogen-bond donors (Lipinski definition) is 1. The molecular weight excluding hydrogens is 207 g/mol. The molecule has 1 aliphatic rings. The van der Waals surface area contributed by atoms with Gasteiger partial charge in [-0.2, -0.15) is 0 Å². The smallest absolute Gasteiger partial charge is 0.123 e. The van der Waals surface area contributed by atoms with Crippen LogP contribution in [0.15, 0.2) is 18.2 Å². The van der Waals surface area contributed by atoms with Crippen LogP contribution in [-0.2, 0) is 11.2 Å². The number of aliphatic hydroxyl groups is 1. The summed E-state index contributed by atoms with van der Waals surface area (Å²) in [6.45, 7) is 3.12. The first-order valence-corrected chi connectivity index (χ1v) is 5.64. The Morgan fingerprint density at radius 2 is 2.06 bits per heavy atom. The van der Waals surface area contributed by atoms with Gasteiger partial charge in [0.15, 0.2) is 0 Å². The molecule has 88 valence electrons. The van der Waals surface area contributed by atoms with Gasteiger partial charge < -0.3 is 9.84 Å². The summed E-state index contributed by atoms with van der Waals surface area (Å²) >= 11 is 0. The quantitative estimate of drug-likeness (QED) is 0.834. The first-order valence-electron chi connectivity index (χ1n) is 5.64. The van der Waals surface area contributed by atoms with Gasteiger partial charge in [-0.1, -0.05) is 6.07 Å². The van der Waals surface area contributed by atoms with Gasteiger partial charge in [0.2, 0.25) is 0 Å². The third-order valence-corrected chi connectivity index (χ3v) is 3.25. The second kappa shape index (κ2) is 4.52. The van der Waals surface area contributed by atoms with Crippen molar-refractivity contribution in [3.05, 3.63) is 35.1 Å². The van der Waals surface area contributed by atoms with E-state index in [0.29, 0.717) is 32.5 Å². The zero-order valence-electron chi connectivity index (χ0n) is 9.50. The van der Waals surface area contributed by atoms with E-state index in [2.05, 4.69) is 0 Å². The van der Waals surface area contributed by atoms with Gasteiger partial charge >= 0.3 is 0 Å². The molecule has 1 saturated heterocycles. The van der Waals surface area contributed by atoms with Gasteiger partial charge in [0.25, 0.3) is 0 Å². The summed E-state index contributed by atoms with van der Waals surface area (Å²) in [6.07, 6.45) is 1.77. The Labute approximate surface area is 95.1 Å². The minimum Gasteiger partial charge on any atom is -0.389 e. The monoisotopic (exact) mass is 224 g/mol. The molecule has 0 atom stereocenters.